The van der Waals surface area contributed by atoms with Gasteiger partial charge in [0.05, 0.1) is 40.0 Å². The van der Waals surface area contributed by atoms with Gasteiger partial charge in [0.25, 0.3) is 0 Å². The SMILES string of the molecule is CC/C=C\C[C@@H](O)/C=C/C=C\C/C=C\C=C\[C@@H](O)/C=C\CCCC(=O)OC[C@H](COP(=O)(O)OCC[N+](C)(C)C)OC(=O)CCCCCCCCc1oc(CCC)c(C)c1C. The number of nitrogens with zero attached hydrogens (tertiary/aromatic N) is 1. The lowest BCUT2D eigenvalue weighted by molar-refractivity contribution is -0.870. The van der Waals surface area contributed by atoms with Gasteiger partial charge in [0.1, 0.15) is 31.3 Å². The summed E-state index contributed by atoms with van der Waals surface area (Å²) in [6.45, 7) is 8.12. The molecular formula is C48H79NO11P+. The number of likely N-dealkylation sites (N-methyl/N-ethyl adjacent to an activating group) is 1. The summed E-state index contributed by atoms with van der Waals surface area (Å²) >= 11 is 0. The van der Waals surface area contributed by atoms with Crippen molar-refractivity contribution in [2.24, 2.45) is 0 Å². The first kappa shape index (κ1) is 55.7. The predicted octanol–water partition coefficient (Wildman–Crippen LogP) is 9.84. The van der Waals surface area contributed by atoms with Gasteiger partial charge in [-0.25, -0.2) is 4.57 Å². The quantitative estimate of drug-likeness (QED) is 0.0149. The van der Waals surface area contributed by atoms with Crippen molar-refractivity contribution in [1.29, 1.82) is 0 Å². The minimum Gasteiger partial charge on any atom is -0.466 e. The van der Waals surface area contributed by atoms with E-state index >= 15 is 0 Å². The standard InChI is InChI=1S/C48H78NO11P/c1-8-10-21-29-42(50)30-22-16-12-11-13-17-23-31-43(51)32-24-20-27-34-47(52)56-38-44(39-58-61(54,55)57-37-36-49(5,6)7)59-48(53)35-26-19-15-14-18-25-33-46-41(4)40(3)45(60-46)28-9-2/h10,12-13,16-17,21-24,30-32,42-44,50-51H,8-9,11,14-15,18-20,25-29,33-39H2,1-7H3/p+1/b16-12-,17-13-,21-10-,30-22+,31-23+,32-24-/t42-,43-,44-/m1/s1. The van der Waals surface area contributed by atoms with Crippen LogP contribution in [0.5, 0.6) is 0 Å². The number of hydrogen-bond donors (Lipinski definition) is 3. The maximum absolute atomic E-state index is 12.8. The molecule has 0 bridgehead atoms. The third-order valence-corrected chi connectivity index (χ3v) is 10.6. The summed E-state index contributed by atoms with van der Waals surface area (Å²) in [5.74, 6) is 1.18. The Morgan fingerprint density at radius 2 is 1.38 bits per heavy atom. The number of carbonyl (C=O) groups excluding carboxylic acids is 2. The maximum atomic E-state index is 12.8. The van der Waals surface area contributed by atoms with Gasteiger partial charge in [-0.3, -0.25) is 18.6 Å². The highest BCUT2D eigenvalue weighted by Gasteiger charge is 2.27. The number of phosphoric ester groups is 1. The number of aliphatic hydroxyl groups excluding tert-OH is 2. The Morgan fingerprint density at radius 3 is 2.05 bits per heavy atom. The number of ether oxygens (including phenoxy) is 2. The number of rotatable bonds is 35. The molecule has 0 radical (unpaired) electrons. The highest BCUT2D eigenvalue weighted by molar-refractivity contribution is 7.47. The van der Waals surface area contributed by atoms with Crippen molar-refractivity contribution in [3.63, 3.8) is 0 Å². The highest BCUT2D eigenvalue weighted by Crippen LogP contribution is 2.43. The van der Waals surface area contributed by atoms with Crippen molar-refractivity contribution < 1.29 is 56.7 Å². The third-order valence-electron chi connectivity index (χ3n) is 9.60. The molecule has 3 N–H and O–H groups in total. The van der Waals surface area contributed by atoms with Crippen LogP contribution >= 0.6 is 7.82 Å². The number of unbranched alkanes of at least 4 members (excludes halogenated alkanes) is 6. The van der Waals surface area contributed by atoms with E-state index in [9.17, 15) is 29.3 Å². The highest BCUT2D eigenvalue weighted by atomic mass is 31.2. The molecule has 1 unspecified atom stereocenters. The summed E-state index contributed by atoms with van der Waals surface area (Å²) < 4.78 is 40.3. The average molecular weight is 877 g/mol. The smallest absolute Gasteiger partial charge is 0.466 e. The number of esters is 2. The molecule has 13 heteroatoms. The van der Waals surface area contributed by atoms with Crippen LogP contribution in [0.15, 0.2) is 77.3 Å². The summed E-state index contributed by atoms with van der Waals surface area (Å²) in [6.07, 6.45) is 31.8. The second-order valence-corrected chi connectivity index (χ2v) is 17.8. The molecule has 61 heavy (non-hydrogen) atoms. The first-order valence-corrected chi connectivity index (χ1v) is 23.8. The Kier molecular flexibility index (Phi) is 30.3. The molecule has 0 saturated carbocycles. The lowest BCUT2D eigenvalue weighted by Crippen LogP contribution is -2.37. The van der Waals surface area contributed by atoms with Crippen LogP contribution in [0.3, 0.4) is 0 Å². The zero-order valence-electron chi connectivity index (χ0n) is 38.3. The van der Waals surface area contributed by atoms with Crippen LogP contribution in [-0.4, -0.2) is 97.3 Å². The Balaban J connectivity index is 2.47. The summed E-state index contributed by atoms with van der Waals surface area (Å²) in [5.41, 5.74) is 2.54. The molecular weight excluding hydrogens is 797 g/mol. The number of aryl methyl sites for hydroxylation is 2. The van der Waals surface area contributed by atoms with Crippen molar-refractivity contribution >= 4 is 19.8 Å². The van der Waals surface area contributed by atoms with Crippen LogP contribution in [0.1, 0.15) is 126 Å². The van der Waals surface area contributed by atoms with E-state index < -0.39 is 44.7 Å². The molecule has 1 aromatic rings. The molecule has 1 aromatic heterocycles. The van der Waals surface area contributed by atoms with E-state index in [0.717, 1.165) is 69.3 Å². The summed E-state index contributed by atoms with van der Waals surface area (Å²) in [6, 6.07) is 0. The first-order valence-electron chi connectivity index (χ1n) is 22.3. The van der Waals surface area contributed by atoms with Crippen LogP contribution in [0, 0.1) is 13.8 Å². The van der Waals surface area contributed by atoms with Crippen LogP contribution in [0.4, 0.5) is 0 Å². The number of aliphatic hydroxyl groups is 2. The normalized spacial score (nSPS) is 15.2. The second kappa shape index (κ2) is 33.2. The number of hydrogen-bond acceptors (Lipinski definition) is 10. The largest absolute Gasteiger partial charge is 0.472 e. The average Bonchev–Trinajstić information content (AvgIpc) is 3.46. The molecule has 0 fully saturated rings. The third kappa shape index (κ3) is 30.4. The van der Waals surface area contributed by atoms with Gasteiger partial charge >= 0.3 is 19.8 Å². The molecule has 0 aromatic carbocycles. The van der Waals surface area contributed by atoms with Crippen molar-refractivity contribution in [3.8, 4) is 0 Å². The molecule has 0 amide bonds. The van der Waals surface area contributed by atoms with Gasteiger partial charge in [-0.05, 0) is 76.3 Å². The number of phosphoric acid groups is 1. The van der Waals surface area contributed by atoms with E-state index in [1.165, 1.54) is 11.1 Å². The number of quaternary nitrogens is 1. The van der Waals surface area contributed by atoms with Crippen LogP contribution in [0.2, 0.25) is 0 Å². The topological polar surface area (TPSA) is 162 Å². The molecule has 0 saturated heterocycles. The fourth-order valence-electron chi connectivity index (χ4n) is 5.86. The van der Waals surface area contributed by atoms with Gasteiger partial charge in [0, 0.05) is 25.7 Å². The fraction of sp³-hybridized carbons (Fsp3) is 0.625. The zero-order valence-corrected chi connectivity index (χ0v) is 39.2. The van der Waals surface area contributed by atoms with Crippen LogP contribution in [0.25, 0.3) is 0 Å². The maximum Gasteiger partial charge on any atom is 0.472 e. The molecule has 12 nitrogen and oxygen atoms in total. The molecule has 0 spiro atoms. The lowest BCUT2D eigenvalue weighted by atomic mass is 10.0. The van der Waals surface area contributed by atoms with E-state index in [0.29, 0.717) is 43.1 Å². The van der Waals surface area contributed by atoms with Gasteiger partial charge < -0.3 is 33.5 Å². The van der Waals surface area contributed by atoms with E-state index in [4.69, 9.17) is 22.9 Å². The molecule has 346 valence electrons. The summed E-state index contributed by atoms with van der Waals surface area (Å²) in [7, 11) is 1.32. The second-order valence-electron chi connectivity index (χ2n) is 16.3. The van der Waals surface area contributed by atoms with Gasteiger partial charge in [0.2, 0.25) is 0 Å². The molecule has 1 heterocycles. The molecule has 4 atom stereocenters. The van der Waals surface area contributed by atoms with Gasteiger partial charge in [-0.2, -0.15) is 0 Å². The Hall–Kier alpha value is -3.35. The Bertz CT molecular complexity index is 1580. The first-order chi connectivity index (χ1) is 29.1. The molecule has 0 aliphatic heterocycles. The van der Waals surface area contributed by atoms with E-state index in [1.54, 1.807) is 30.4 Å². The number of furan rings is 1. The fourth-order valence-corrected chi connectivity index (χ4v) is 6.60. The Morgan fingerprint density at radius 1 is 0.738 bits per heavy atom. The van der Waals surface area contributed by atoms with Crippen molar-refractivity contribution in [3.05, 3.63) is 95.6 Å². The minimum absolute atomic E-state index is 0.0147. The van der Waals surface area contributed by atoms with Gasteiger partial charge in [-0.15, -0.1) is 0 Å². The van der Waals surface area contributed by atoms with Gasteiger partial charge in [-0.1, -0.05) is 112 Å². The van der Waals surface area contributed by atoms with Crippen LogP contribution in [-0.2, 0) is 45.5 Å². The zero-order chi connectivity index (χ0) is 45.4. The predicted molar refractivity (Wildman–Crippen MR) is 244 cm³/mol. The molecule has 1 rings (SSSR count). The van der Waals surface area contributed by atoms with Crippen molar-refractivity contribution in [1.82, 2.24) is 0 Å². The summed E-state index contributed by atoms with van der Waals surface area (Å²) in [5, 5.41) is 20.0. The summed E-state index contributed by atoms with van der Waals surface area (Å²) in [4.78, 5) is 35.5. The number of carbonyl (C=O) groups is 2. The minimum atomic E-state index is -4.44. The molecule has 0 aliphatic rings. The van der Waals surface area contributed by atoms with E-state index in [2.05, 4.69) is 27.7 Å². The Labute approximate surface area is 367 Å². The monoisotopic (exact) mass is 877 g/mol. The van der Waals surface area contributed by atoms with Crippen molar-refractivity contribution in [2.75, 3.05) is 47.5 Å². The van der Waals surface area contributed by atoms with Crippen molar-refractivity contribution in [2.45, 2.75) is 149 Å². The van der Waals surface area contributed by atoms with E-state index in [-0.39, 0.29) is 26.1 Å². The van der Waals surface area contributed by atoms with Gasteiger partial charge in [0.15, 0.2) is 6.10 Å². The van der Waals surface area contributed by atoms with E-state index in [1.807, 2.05) is 63.7 Å². The molecule has 0 aliphatic carbocycles. The number of allylic oxidation sites excluding steroid dienone is 8. The van der Waals surface area contributed by atoms with Crippen LogP contribution < -0.4 is 0 Å². The lowest BCUT2D eigenvalue weighted by Gasteiger charge is -2.24.